The molecule has 1 aromatic carbocycles. The van der Waals surface area contributed by atoms with Gasteiger partial charge in [-0.15, -0.1) is 0 Å². The van der Waals surface area contributed by atoms with E-state index in [1.165, 1.54) is 0 Å². The Labute approximate surface area is 168 Å². The quantitative estimate of drug-likeness (QED) is 0.847. The normalized spacial score (nSPS) is 21.4. The lowest BCUT2D eigenvalue weighted by atomic mass is 9.76. The van der Waals surface area contributed by atoms with Crippen LogP contribution in [0.2, 0.25) is 0 Å². The summed E-state index contributed by atoms with van der Waals surface area (Å²) in [7, 11) is 0. The van der Waals surface area contributed by atoms with Gasteiger partial charge in [-0.25, -0.2) is 4.98 Å². The summed E-state index contributed by atoms with van der Waals surface area (Å²) >= 11 is 0. The minimum Gasteiger partial charge on any atom is -0.454 e. The van der Waals surface area contributed by atoms with Crippen molar-refractivity contribution in [2.45, 2.75) is 49.9 Å². The van der Waals surface area contributed by atoms with E-state index in [1.807, 2.05) is 4.90 Å². The molecule has 4 aliphatic rings. The Morgan fingerprint density at radius 1 is 1.14 bits per heavy atom. The van der Waals surface area contributed by atoms with E-state index in [-0.39, 0.29) is 23.7 Å². The molecule has 0 radical (unpaired) electrons. The first-order chi connectivity index (χ1) is 14.1. The summed E-state index contributed by atoms with van der Waals surface area (Å²) in [4.78, 5) is 35.4. The number of benzene rings is 1. The smallest absolute Gasteiger partial charge is 0.254 e. The number of H-pyrrole nitrogens is 1. The van der Waals surface area contributed by atoms with Gasteiger partial charge < -0.3 is 19.4 Å². The molecule has 2 aliphatic heterocycles. The lowest BCUT2D eigenvalue weighted by Gasteiger charge is -2.39. The van der Waals surface area contributed by atoms with Crippen LogP contribution in [-0.2, 0) is 11.8 Å². The van der Waals surface area contributed by atoms with Crippen LogP contribution in [0.5, 0.6) is 11.5 Å². The average Bonchev–Trinajstić information content (AvgIpc) is 3.39. The average molecular weight is 393 g/mol. The lowest BCUT2D eigenvalue weighted by Crippen LogP contribution is -2.45. The van der Waals surface area contributed by atoms with Gasteiger partial charge in [0, 0.05) is 35.5 Å². The first-order valence-corrected chi connectivity index (χ1v) is 10.5. The fourth-order valence-corrected chi connectivity index (χ4v) is 5.06. The van der Waals surface area contributed by atoms with Crippen molar-refractivity contribution in [3.05, 3.63) is 51.2 Å². The van der Waals surface area contributed by atoms with Crippen LogP contribution in [0, 0.1) is 0 Å². The Balaban J connectivity index is 1.23. The van der Waals surface area contributed by atoms with Gasteiger partial charge in [0.2, 0.25) is 6.79 Å². The number of piperidine rings is 1. The number of aromatic amines is 1. The highest BCUT2D eigenvalue weighted by molar-refractivity contribution is 5.95. The van der Waals surface area contributed by atoms with Crippen LogP contribution in [0.4, 0.5) is 0 Å². The Hall–Kier alpha value is -2.83. The molecule has 1 amide bonds. The minimum absolute atomic E-state index is 0.0221. The predicted octanol–water partition coefficient (Wildman–Crippen LogP) is 2.50. The number of nitrogens with zero attached hydrogens (tertiary/aromatic N) is 2. The first kappa shape index (κ1) is 17.1. The number of amides is 1. The molecule has 2 aromatic rings. The van der Waals surface area contributed by atoms with Gasteiger partial charge in [0.25, 0.3) is 11.5 Å². The van der Waals surface area contributed by atoms with Crippen LogP contribution in [0.15, 0.2) is 23.0 Å². The zero-order chi connectivity index (χ0) is 19.6. The number of hydrogen-bond acceptors (Lipinski definition) is 5. The summed E-state index contributed by atoms with van der Waals surface area (Å²) in [6.45, 7) is 1.56. The van der Waals surface area contributed by atoms with Gasteiger partial charge in [-0.1, -0.05) is 0 Å². The molecule has 1 saturated heterocycles. The summed E-state index contributed by atoms with van der Waals surface area (Å²) in [5.41, 5.74) is 2.50. The number of ether oxygens (including phenoxy) is 2. The summed E-state index contributed by atoms with van der Waals surface area (Å²) in [5, 5.41) is 0. The molecule has 0 bridgehead atoms. The fraction of sp³-hybridized carbons (Fsp3) is 0.500. The summed E-state index contributed by atoms with van der Waals surface area (Å²) in [6, 6.07) is 5.36. The SMILES string of the molecule is O=C(c1ccc2c(c1)OCO2)N1CCC2(CCc3c2nc(C2CC2)[nH]c3=O)CC1. The zero-order valence-electron chi connectivity index (χ0n) is 16.2. The standard InChI is InChI=1S/C22H23N3O4/c26-20-15-5-6-22(18(15)23-19(24-20)13-1-2-13)7-9-25(10-8-22)21(27)14-3-4-16-17(11-14)29-12-28-16/h3-4,11,13H,1-2,5-10,12H2,(H,23,24,26). The van der Waals surface area contributed by atoms with Crippen molar-refractivity contribution in [3.8, 4) is 11.5 Å². The van der Waals surface area contributed by atoms with Crippen LogP contribution in [0.3, 0.4) is 0 Å². The molecule has 1 saturated carbocycles. The molecule has 150 valence electrons. The molecule has 1 aromatic heterocycles. The third-order valence-electron chi connectivity index (χ3n) is 6.98. The highest BCUT2D eigenvalue weighted by Gasteiger charge is 2.45. The molecule has 1 spiro atoms. The molecule has 0 atom stereocenters. The second-order valence-corrected chi connectivity index (χ2v) is 8.69. The Bertz CT molecular complexity index is 1060. The van der Waals surface area contributed by atoms with E-state index in [1.54, 1.807) is 18.2 Å². The number of rotatable bonds is 2. The second kappa shape index (κ2) is 6.08. The van der Waals surface area contributed by atoms with Crippen LogP contribution in [-0.4, -0.2) is 40.7 Å². The van der Waals surface area contributed by atoms with Gasteiger partial charge in [0.1, 0.15) is 5.82 Å². The van der Waals surface area contributed by atoms with E-state index in [0.717, 1.165) is 55.6 Å². The number of aromatic nitrogens is 2. The maximum absolute atomic E-state index is 13.0. The molecular weight excluding hydrogens is 370 g/mol. The third-order valence-corrected chi connectivity index (χ3v) is 6.98. The Morgan fingerprint density at radius 2 is 1.93 bits per heavy atom. The molecule has 29 heavy (non-hydrogen) atoms. The second-order valence-electron chi connectivity index (χ2n) is 8.69. The van der Waals surface area contributed by atoms with E-state index in [2.05, 4.69) is 4.98 Å². The first-order valence-electron chi connectivity index (χ1n) is 10.5. The maximum Gasteiger partial charge on any atom is 0.254 e. The molecule has 1 N–H and O–H groups in total. The predicted molar refractivity (Wildman–Crippen MR) is 105 cm³/mol. The maximum atomic E-state index is 13.0. The van der Waals surface area contributed by atoms with Crippen molar-refractivity contribution in [2.75, 3.05) is 19.9 Å². The Morgan fingerprint density at radius 3 is 2.72 bits per heavy atom. The van der Waals surface area contributed by atoms with Crippen LogP contribution in [0.1, 0.15) is 65.5 Å². The number of carbonyl (C=O) groups is 1. The topological polar surface area (TPSA) is 84.5 Å². The largest absolute Gasteiger partial charge is 0.454 e. The minimum atomic E-state index is -0.0566. The van der Waals surface area contributed by atoms with Crippen molar-refractivity contribution in [1.29, 1.82) is 0 Å². The molecule has 2 aliphatic carbocycles. The van der Waals surface area contributed by atoms with E-state index < -0.39 is 0 Å². The fourth-order valence-electron chi connectivity index (χ4n) is 5.06. The number of nitrogens with one attached hydrogen (secondary N) is 1. The van der Waals surface area contributed by atoms with E-state index >= 15 is 0 Å². The number of likely N-dealkylation sites (tertiary alicyclic amines) is 1. The van der Waals surface area contributed by atoms with Crippen LogP contribution >= 0.6 is 0 Å². The van der Waals surface area contributed by atoms with Gasteiger partial charge in [-0.2, -0.15) is 0 Å². The molecule has 7 heteroatoms. The summed E-state index contributed by atoms with van der Waals surface area (Å²) < 4.78 is 10.7. The summed E-state index contributed by atoms with van der Waals surface area (Å²) in [6.07, 6.45) is 5.70. The highest BCUT2D eigenvalue weighted by atomic mass is 16.7. The van der Waals surface area contributed by atoms with Gasteiger partial charge in [-0.3, -0.25) is 9.59 Å². The molecule has 3 heterocycles. The number of carbonyl (C=O) groups excluding carboxylic acids is 1. The van der Waals surface area contributed by atoms with Crippen LogP contribution < -0.4 is 15.0 Å². The Kier molecular flexibility index (Phi) is 3.58. The molecule has 2 fully saturated rings. The van der Waals surface area contributed by atoms with Gasteiger partial charge >= 0.3 is 0 Å². The van der Waals surface area contributed by atoms with Crippen molar-refractivity contribution >= 4 is 5.91 Å². The van der Waals surface area contributed by atoms with Gasteiger partial charge in [0.15, 0.2) is 11.5 Å². The molecule has 0 unspecified atom stereocenters. The third kappa shape index (κ3) is 2.67. The monoisotopic (exact) mass is 393 g/mol. The van der Waals surface area contributed by atoms with Crippen molar-refractivity contribution < 1.29 is 14.3 Å². The summed E-state index contributed by atoms with van der Waals surface area (Å²) in [5.74, 6) is 2.63. The van der Waals surface area contributed by atoms with Crippen LogP contribution in [0.25, 0.3) is 0 Å². The highest BCUT2D eigenvalue weighted by Crippen LogP contribution is 2.46. The van der Waals surface area contributed by atoms with E-state index in [4.69, 9.17) is 14.5 Å². The van der Waals surface area contributed by atoms with E-state index in [0.29, 0.717) is 36.1 Å². The molecule has 6 rings (SSSR count). The van der Waals surface area contributed by atoms with Gasteiger partial charge in [-0.05, 0) is 56.7 Å². The van der Waals surface area contributed by atoms with E-state index in [9.17, 15) is 9.59 Å². The van der Waals surface area contributed by atoms with Crippen molar-refractivity contribution in [1.82, 2.24) is 14.9 Å². The number of fused-ring (bicyclic) bond motifs is 3. The number of hydrogen-bond donors (Lipinski definition) is 1. The van der Waals surface area contributed by atoms with Crippen molar-refractivity contribution in [2.24, 2.45) is 0 Å². The molecule has 7 nitrogen and oxygen atoms in total. The zero-order valence-corrected chi connectivity index (χ0v) is 16.2. The van der Waals surface area contributed by atoms with Crippen molar-refractivity contribution in [3.63, 3.8) is 0 Å². The van der Waals surface area contributed by atoms with Gasteiger partial charge in [0.05, 0.1) is 5.69 Å². The molecular formula is C22H23N3O4. The lowest BCUT2D eigenvalue weighted by molar-refractivity contribution is 0.0663.